The van der Waals surface area contributed by atoms with E-state index in [1.807, 2.05) is 6.07 Å². The molecule has 0 N–H and O–H groups in total. The second kappa shape index (κ2) is 7.25. The van der Waals surface area contributed by atoms with E-state index in [4.69, 9.17) is 5.26 Å². The maximum absolute atomic E-state index is 12.6. The third kappa shape index (κ3) is 3.96. The molecule has 0 atom stereocenters. The fourth-order valence-electron chi connectivity index (χ4n) is 2.52. The van der Waals surface area contributed by atoms with Crippen LogP contribution in [-0.4, -0.2) is 36.5 Å². The Morgan fingerprint density at radius 2 is 2.10 bits per heavy atom. The van der Waals surface area contributed by atoms with Gasteiger partial charge >= 0.3 is 0 Å². The summed E-state index contributed by atoms with van der Waals surface area (Å²) < 4.78 is 26.7. The molecule has 1 aliphatic carbocycles. The molecular formula is C14H19N3O2S2. The lowest BCUT2D eigenvalue weighted by molar-refractivity contribution is 0.286. The molecule has 7 heteroatoms. The number of rotatable bonds is 5. The van der Waals surface area contributed by atoms with Gasteiger partial charge in [0.25, 0.3) is 0 Å². The molecule has 0 saturated heterocycles. The van der Waals surface area contributed by atoms with E-state index in [0.717, 1.165) is 25.7 Å². The van der Waals surface area contributed by atoms with Crippen molar-refractivity contribution in [2.45, 2.75) is 48.1 Å². The zero-order valence-electron chi connectivity index (χ0n) is 12.0. The minimum Gasteiger partial charge on any atom is -0.249 e. The topological polar surface area (TPSA) is 74.1 Å². The van der Waals surface area contributed by atoms with Gasteiger partial charge in [-0.05, 0) is 25.0 Å². The predicted molar refractivity (Wildman–Crippen MR) is 82.4 cm³/mol. The van der Waals surface area contributed by atoms with Gasteiger partial charge < -0.3 is 0 Å². The van der Waals surface area contributed by atoms with Crippen molar-refractivity contribution >= 4 is 21.8 Å². The molecule has 0 bridgehead atoms. The van der Waals surface area contributed by atoms with E-state index in [1.165, 1.54) is 28.7 Å². The summed E-state index contributed by atoms with van der Waals surface area (Å²) >= 11 is 1.30. The van der Waals surface area contributed by atoms with Gasteiger partial charge in [-0.1, -0.05) is 31.0 Å². The van der Waals surface area contributed by atoms with Crippen molar-refractivity contribution in [2.24, 2.45) is 0 Å². The van der Waals surface area contributed by atoms with E-state index in [1.54, 1.807) is 19.2 Å². The summed E-state index contributed by atoms with van der Waals surface area (Å²) in [6.07, 6.45) is 6.61. The Labute approximate surface area is 130 Å². The molecule has 1 saturated carbocycles. The molecule has 0 radical (unpaired) electrons. The van der Waals surface area contributed by atoms with Gasteiger partial charge in [-0.3, -0.25) is 0 Å². The van der Waals surface area contributed by atoms with Crippen LogP contribution in [0.2, 0.25) is 0 Å². The smallest absolute Gasteiger partial charge is 0.244 e. The van der Waals surface area contributed by atoms with Crippen molar-refractivity contribution in [3.05, 3.63) is 18.3 Å². The average molecular weight is 325 g/mol. The number of nitriles is 1. The Hall–Kier alpha value is -1.10. The highest BCUT2D eigenvalue weighted by molar-refractivity contribution is 7.99. The Kier molecular flexibility index (Phi) is 5.62. The van der Waals surface area contributed by atoms with Crippen LogP contribution in [0, 0.1) is 11.3 Å². The van der Waals surface area contributed by atoms with Gasteiger partial charge in [-0.15, -0.1) is 0 Å². The van der Waals surface area contributed by atoms with Gasteiger partial charge in [0.05, 0.1) is 16.8 Å². The summed E-state index contributed by atoms with van der Waals surface area (Å²) in [6.45, 7) is 0. The molecule has 0 spiro atoms. The van der Waals surface area contributed by atoms with Crippen LogP contribution in [0.5, 0.6) is 0 Å². The molecule has 1 heterocycles. The lowest BCUT2D eigenvalue weighted by Gasteiger charge is -2.30. The van der Waals surface area contributed by atoms with E-state index in [9.17, 15) is 8.42 Å². The summed E-state index contributed by atoms with van der Waals surface area (Å²) in [4.78, 5) is 4.34. The highest BCUT2D eigenvalue weighted by Gasteiger charge is 2.29. The second-order valence-corrected chi connectivity index (χ2v) is 8.09. The lowest BCUT2D eigenvalue weighted by atomic mass is 9.96. The Balaban J connectivity index is 2.13. The highest BCUT2D eigenvalue weighted by Crippen LogP contribution is 2.26. The first-order valence-corrected chi connectivity index (χ1v) is 9.42. The van der Waals surface area contributed by atoms with E-state index < -0.39 is 10.0 Å². The SMILES string of the molecule is CN(C1CCCCC1)S(=O)(=O)c1ccc(SCC#N)nc1. The molecule has 0 aliphatic heterocycles. The van der Waals surface area contributed by atoms with Gasteiger partial charge in [0.15, 0.2) is 0 Å². The molecule has 114 valence electrons. The molecule has 0 amide bonds. The zero-order chi connectivity index (χ0) is 15.3. The summed E-state index contributed by atoms with van der Waals surface area (Å²) in [6, 6.07) is 5.34. The largest absolute Gasteiger partial charge is 0.249 e. The molecule has 1 aromatic heterocycles. The Morgan fingerprint density at radius 1 is 1.38 bits per heavy atom. The van der Waals surface area contributed by atoms with Gasteiger partial charge in [0.2, 0.25) is 10.0 Å². The molecule has 5 nitrogen and oxygen atoms in total. The van der Waals surface area contributed by atoms with Crippen molar-refractivity contribution in [1.29, 1.82) is 5.26 Å². The van der Waals surface area contributed by atoms with Crippen molar-refractivity contribution < 1.29 is 8.42 Å². The first-order valence-electron chi connectivity index (χ1n) is 6.99. The fourth-order valence-corrected chi connectivity index (χ4v) is 4.38. The van der Waals surface area contributed by atoms with Crippen LogP contribution in [0.25, 0.3) is 0 Å². The number of aromatic nitrogens is 1. The molecule has 0 aromatic carbocycles. The van der Waals surface area contributed by atoms with Crippen LogP contribution in [0.15, 0.2) is 28.3 Å². The number of hydrogen-bond acceptors (Lipinski definition) is 5. The van der Waals surface area contributed by atoms with E-state index in [2.05, 4.69) is 4.98 Å². The molecular weight excluding hydrogens is 306 g/mol. The van der Waals surface area contributed by atoms with Gasteiger partial charge in [-0.25, -0.2) is 13.4 Å². The van der Waals surface area contributed by atoms with Crippen LogP contribution < -0.4 is 0 Å². The fraction of sp³-hybridized carbons (Fsp3) is 0.571. The first kappa shape index (κ1) is 16.3. The molecule has 1 aliphatic rings. The number of pyridine rings is 1. The lowest BCUT2D eigenvalue weighted by Crippen LogP contribution is -2.38. The second-order valence-electron chi connectivity index (χ2n) is 5.09. The number of thioether (sulfide) groups is 1. The Morgan fingerprint density at radius 3 is 2.67 bits per heavy atom. The monoisotopic (exact) mass is 325 g/mol. The van der Waals surface area contributed by atoms with E-state index in [0.29, 0.717) is 10.8 Å². The van der Waals surface area contributed by atoms with Crippen molar-refractivity contribution in [2.75, 3.05) is 12.8 Å². The summed E-state index contributed by atoms with van der Waals surface area (Å²) in [5.74, 6) is 0.307. The van der Waals surface area contributed by atoms with Crippen LogP contribution in [-0.2, 0) is 10.0 Å². The summed E-state index contributed by atoms with van der Waals surface area (Å²) in [7, 11) is -1.82. The van der Waals surface area contributed by atoms with Crippen LogP contribution in [0.3, 0.4) is 0 Å². The number of nitrogens with zero attached hydrogens (tertiary/aromatic N) is 3. The van der Waals surface area contributed by atoms with Crippen LogP contribution >= 0.6 is 11.8 Å². The quantitative estimate of drug-likeness (QED) is 0.778. The predicted octanol–water partition coefficient (Wildman–Crippen LogP) is 2.65. The molecule has 0 unspecified atom stereocenters. The summed E-state index contributed by atoms with van der Waals surface area (Å²) in [5, 5.41) is 9.19. The minimum absolute atomic E-state index is 0.0939. The van der Waals surface area contributed by atoms with Gasteiger partial charge in [-0.2, -0.15) is 9.57 Å². The maximum Gasteiger partial charge on any atom is 0.244 e. The standard InChI is InChI=1S/C14H19N3O2S2/c1-17(12-5-3-2-4-6-12)21(18,19)13-7-8-14(16-11-13)20-10-9-15/h7-8,11-12H,2-6,10H2,1H3. The van der Waals surface area contributed by atoms with E-state index >= 15 is 0 Å². The minimum atomic E-state index is -3.48. The van der Waals surface area contributed by atoms with Crippen molar-refractivity contribution in [1.82, 2.24) is 9.29 Å². The zero-order valence-corrected chi connectivity index (χ0v) is 13.7. The van der Waals surface area contributed by atoms with Crippen molar-refractivity contribution in [3.63, 3.8) is 0 Å². The number of hydrogen-bond donors (Lipinski definition) is 0. The van der Waals surface area contributed by atoms with Crippen LogP contribution in [0.4, 0.5) is 0 Å². The maximum atomic E-state index is 12.6. The molecule has 21 heavy (non-hydrogen) atoms. The van der Waals surface area contributed by atoms with Crippen LogP contribution in [0.1, 0.15) is 32.1 Å². The Bertz CT molecular complexity index is 602. The molecule has 2 rings (SSSR count). The molecule has 1 aromatic rings. The average Bonchev–Trinajstić information content (AvgIpc) is 2.53. The number of sulfonamides is 1. The van der Waals surface area contributed by atoms with Gasteiger partial charge in [0, 0.05) is 19.3 Å². The first-order chi connectivity index (χ1) is 10.1. The summed E-state index contributed by atoms with van der Waals surface area (Å²) in [5.41, 5.74) is 0. The highest BCUT2D eigenvalue weighted by atomic mass is 32.2. The third-order valence-electron chi connectivity index (χ3n) is 3.76. The molecule has 1 fully saturated rings. The normalized spacial score (nSPS) is 16.8. The van der Waals surface area contributed by atoms with Gasteiger partial charge in [0.1, 0.15) is 4.90 Å². The van der Waals surface area contributed by atoms with E-state index in [-0.39, 0.29) is 10.9 Å². The third-order valence-corrected chi connectivity index (χ3v) is 6.46. The van der Waals surface area contributed by atoms with Crippen molar-refractivity contribution in [3.8, 4) is 6.07 Å².